The van der Waals surface area contributed by atoms with Crippen LogP contribution in [-0.2, 0) is 13.5 Å². The van der Waals surface area contributed by atoms with Gasteiger partial charge in [0, 0.05) is 30.9 Å². The van der Waals surface area contributed by atoms with Crippen LogP contribution in [0.15, 0.2) is 30.5 Å². The average molecular weight is 256 g/mol. The lowest BCUT2D eigenvalue weighted by Gasteiger charge is -2.18. The minimum absolute atomic E-state index is 0.100. The van der Waals surface area contributed by atoms with Gasteiger partial charge in [0.1, 0.15) is 5.82 Å². The molecule has 3 rings (SSSR count). The summed E-state index contributed by atoms with van der Waals surface area (Å²) in [6.07, 6.45) is 3.79. The molecule has 2 heterocycles. The van der Waals surface area contributed by atoms with E-state index in [4.69, 9.17) is 0 Å². The molecule has 0 saturated heterocycles. The minimum Gasteiger partial charge on any atom is -0.385 e. The molecule has 1 amide bonds. The molecule has 0 spiro atoms. The Morgan fingerprint density at radius 2 is 2.32 bits per heavy atom. The second kappa shape index (κ2) is 4.76. The van der Waals surface area contributed by atoms with Crippen molar-refractivity contribution in [1.82, 2.24) is 9.78 Å². The van der Waals surface area contributed by atoms with Gasteiger partial charge in [-0.1, -0.05) is 0 Å². The molecular formula is C14H16N4O. The van der Waals surface area contributed by atoms with Crippen LogP contribution in [0.1, 0.15) is 22.3 Å². The van der Waals surface area contributed by atoms with Crippen molar-refractivity contribution in [1.29, 1.82) is 0 Å². The number of carbonyl (C=O) groups excluding carboxylic acids is 1. The zero-order valence-corrected chi connectivity index (χ0v) is 10.8. The van der Waals surface area contributed by atoms with Crippen molar-refractivity contribution in [2.45, 2.75) is 12.8 Å². The molecule has 1 aromatic carbocycles. The summed E-state index contributed by atoms with van der Waals surface area (Å²) in [5, 5.41) is 10.2. The molecule has 1 aliphatic rings. The van der Waals surface area contributed by atoms with Gasteiger partial charge in [-0.3, -0.25) is 9.48 Å². The molecule has 0 fully saturated rings. The van der Waals surface area contributed by atoms with Crippen LogP contribution in [0.5, 0.6) is 0 Å². The highest BCUT2D eigenvalue weighted by Crippen LogP contribution is 2.23. The van der Waals surface area contributed by atoms with Gasteiger partial charge in [-0.25, -0.2) is 0 Å². The number of anilines is 2. The number of hydrogen-bond donors (Lipinski definition) is 2. The van der Waals surface area contributed by atoms with E-state index in [1.165, 1.54) is 5.56 Å². The Bertz CT molecular complexity index is 618. The normalized spacial score (nSPS) is 13.5. The molecule has 0 aliphatic carbocycles. The minimum atomic E-state index is -0.100. The first-order chi connectivity index (χ1) is 9.24. The molecule has 0 bridgehead atoms. The third-order valence-electron chi connectivity index (χ3n) is 3.37. The summed E-state index contributed by atoms with van der Waals surface area (Å²) in [5.74, 6) is 0.595. The molecule has 2 N–H and O–H groups in total. The van der Waals surface area contributed by atoms with Crippen LogP contribution >= 0.6 is 0 Å². The number of hydrogen-bond acceptors (Lipinski definition) is 3. The largest absolute Gasteiger partial charge is 0.385 e. The highest BCUT2D eigenvalue weighted by molar-refractivity contribution is 6.04. The third kappa shape index (κ3) is 2.31. The van der Waals surface area contributed by atoms with Crippen molar-refractivity contribution < 1.29 is 4.79 Å². The lowest BCUT2D eigenvalue weighted by molar-refractivity contribution is 0.102. The molecule has 0 radical (unpaired) electrons. The van der Waals surface area contributed by atoms with E-state index in [0.717, 1.165) is 25.1 Å². The molecule has 19 heavy (non-hydrogen) atoms. The predicted molar refractivity (Wildman–Crippen MR) is 74.4 cm³/mol. The molecule has 0 saturated carbocycles. The number of fused-ring (bicyclic) bond motifs is 1. The maximum absolute atomic E-state index is 12.2. The SMILES string of the molecule is Cn1nccc1NC(=O)c1ccc2c(c1)CCCN2. The van der Waals surface area contributed by atoms with Crippen molar-refractivity contribution in [2.75, 3.05) is 17.2 Å². The molecule has 5 nitrogen and oxygen atoms in total. The molecule has 98 valence electrons. The topological polar surface area (TPSA) is 59.0 Å². The molecule has 0 atom stereocenters. The van der Waals surface area contributed by atoms with E-state index in [1.54, 1.807) is 24.0 Å². The van der Waals surface area contributed by atoms with Crippen LogP contribution in [0.2, 0.25) is 0 Å². The lowest BCUT2D eigenvalue weighted by Crippen LogP contribution is -2.17. The maximum Gasteiger partial charge on any atom is 0.256 e. The first kappa shape index (κ1) is 11.8. The summed E-state index contributed by atoms with van der Waals surface area (Å²) in [7, 11) is 1.80. The highest BCUT2D eigenvalue weighted by Gasteiger charge is 2.13. The van der Waals surface area contributed by atoms with Crippen molar-refractivity contribution in [3.05, 3.63) is 41.6 Å². The number of aromatic nitrogens is 2. The standard InChI is InChI=1S/C14H16N4O/c1-18-13(6-8-16-18)17-14(19)11-4-5-12-10(9-11)3-2-7-15-12/h4-6,8-9,15H,2-3,7H2,1H3,(H,17,19). The summed E-state index contributed by atoms with van der Waals surface area (Å²) in [6.45, 7) is 1.01. The van der Waals surface area contributed by atoms with Crippen molar-refractivity contribution in [3.63, 3.8) is 0 Å². The summed E-state index contributed by atoms with van der Waals surface area (Å²) in [5.41, 5.74) is 3.04. The Hall–Kier alpha value is -2.30. The van der Waals surface area contributed by atoms with Gasteiger partial charge in [-0.2, -0.15) is 5.10 Å². The van der Waals surface area contributed by atoms with E-state index in [1.807, 2.05) is 18.2 Å². The second-order valence-electron chi connectivity index (χ2n) is 4.70. The number of nitrogens with zero attached hydrogens (tertiary/aromatic N) is 2. The Balaban J connectivity index is 1.82. The third-order valence-corrected chi connectivity index (χ3v) is 3.37. The Morgan fingerprint density at radius 1 is 1.42 bits per heavy atom. The van der Waals surface area contributed by atoms with E-state index >= 15 is 0 Å². The van der Waals surface area contributed by atoms with Crippen LogP contribution in [-0.4, -0.2) is 22.2 Å². The number of rotatable bonds is 2. The van der Waals surface area contributed by atoms with E-state index in [-0.39, 0.29) is 5.91 Å². The van der Waals surface area contributed by atoms with E-state index < -0.39 is 0 Å². The molecule has 2 aromatic rings. The quantitative estimate of drug-likeness (QED) is 0.864. The van der Waals surface area contributed by atoms with Gasteiger partial charge in [0.05, 0.1) is 6.20 Å². The number of benzene rings is 1. The number of nitrogens with one attached hydrogen (secondary N) is 2. The smallest absolute Gasteiger partial charge is 0.256 e. The van der Waals surface area contributed by atoms with Crippen molar-refractivity contribution in [3.8, 4) is 0 Å². The molecule has 1 aromatic heterocycles. The van der Waals surface area contributed by atoms with Gasteiger partial charge in [0.15, 0.2) is 0 Å². The van der Waals surface area contributed by atoms with Crippen molar-refractivity contribution >= 4 is 17.4 Å². The van der Waals surface area contributed by atoms with Crippen LogP contribution < -0.4 is 10.6 Å². The van der Waals surface area contributed by atoms with Crippen LogP contribution in [0.4, 0.5) is 11.5 Å². The highest BCUT2D eigenvalue weighted by atomic mass is 16.1. The second-order valence-corrected chi connectivity index (χ2v) is 4.70. The zero-order valence-electron chi connectivity index (χ0n) is 10.8. The average Bonchev–Trinajstić information content (AvgIpc) is 2.84. The predicted octanol–water partition coefficient (Wildman–Crippen LogP) is 2.03. The molecule has 1 aliphatic heterocycles. The first-order valence-corrected chi connectivity index (χ1v) is 6.40. The number of aryl methyl sites for hydroxylation is 2. The molecule has 5 heteroatoms. The Kier molecular flexibility index (Phi) is 2.95. The van der Waals surface area contributed by atoms with Gasteiger partial charge < -0.3 is 10.6 Å². The summed E-state index contributed by atoms with van der Waals surface area (Å²) in [6, 6.07) is 7.57. The maximum atomic E-state index is 12.2. The summed E-state index contributed by atoms with van der Waals surface area (Å²) >= 11 is 0. The van der Waals surface area contributed by atoms with Gasteiger partial charge in [0.25, 0.3) is 5.91 Å². The van der Waals surface area contributed by atoms with E-state index in [0.29, 0.717) is 11.4 Å². The van der Waals surface area contributed by atoms with E-state index in [2.05, 4.69) is 15.7 Å². The Labute approximate surface area is 111 Å². The fourth-order valence-electron chi connectivity index (χ4n) is 2.30. The molecule has 0 unspecified atom stereocenters. The number of amides is 1. The van der Waals surface area contributed by atoms with E-state index in [9.17, 15) is 4.79 Å². The monoisotopic (exact) mass is 256 g/mol. The summed E-state index contributed by atoms with van der Waals surface area (Å²) in [4.78, 5) is 12.2. The van der Waals surface area contributed by atoms with Crippen LogP contribution in [0.3, 0.4) is 0 Å². The fraction of sp³-hybridized carbons (Fsp3) is 0.286. The van der Waals surface area contributed by atoms with Crippen LogP contribution in [0.25, 0.3) is 0 Å². The summed E-state index contributed by atoms with van der Waals surface area (Å²) < 4.78 is 1.64. The van der Waals surface area contributed by atoms with Gasteiger partial charge in [-0.15, -0.1) is 0 Å². The lowest BCUT2D eigenvalue weighted by atomic mass is 10.0. The van der Waals surface area contributed by atoms with Crippen molar-refractivity contribution in [2.24, 2.45) is 7.05 Å². The number of carbonyl (C=O) groups is 1. The first-order valence-electron chi connectivity index (χ1n) is 6.40. The van der Waals surface area contributed by atoms with Crippen LogP contribution in [0, 0.1) is 0 Å². The fourth-order valence-corrected chi connectivity index (χ4v) is 2.30. The van der Waals surface area contributed by atoms with Gasteiger partial charge >= 0.3 is 0 Å². The van der Waals surface area contributed by atoms with Gasteiger partial charge in [0.2, 0.25) is 0 Å². The zero-order chi connectivity index (χ0) is 13.2. The Morgan fingerprint density at radius 3 is 3.11 bits per heavy atom. The molecular weight excluding hydrogens is 240 g/mol. The van der Waals surface area contributed by atoms with Gasteiger partial charge in [-0.05, 0) is 36.6 Å².